The molecule has 52 heavy (non-hydrogen) atoms. The highest BCUT2D eigenvalue weighted by Gasteiger charge is 2.36. The highest BCUT2D eigenvalue weighted by molar-refractivity contribution is 5.82. The third-order valence-corrected chi connectivity index (χ3v) is 11.4. The van der Waals surface area contributed by atoms with Crippen LogP contribution >= 0.6 is 0 Å². The van der Waals surface area contributed by atoms with Crippen LogP contribution < -0.4 is 0 Å². The molecule has 1 heterocycles. The molecule has 1 saturated heterocycles. The fraction of sp³-hybridized carbons (Fsp3) is 0.860. The zero-order valence-electron chi connectivity index (χ0n) is 35.6. The van der Waals surface area contributed by atoms with Gasteiger partial charge in [0.2, 0.25) is 0 Å². The Hall–Kier alpha value is -1.31. The molecule has 0 aromatic rings. The average molecular weight is 725 g/mol. The van der Waals surface area contributed by atoms with Crippen LogP contribution in [0.1, 0.15) is 271 Å². The third kappa shape index (κ3) is 33.3. The van der Waals surface area contributed by atoms with Crippen molar-refractivity contribution in [2.75, 3.05) is 0 Å². The van der Waals surface area contributed by atoms with Gasteiger partial charge >= 0.3 is 5.97 Å². The molecule has 0 aromatic carbocycles. The topological polar surface area (TPSA) is 26.3 Å². The summed E-state index contributed by atoms with van der Waals surface area (Å²) in [4.78, 5) is 12.0. The summed E-state index contributed by atoms with van der Waals surface area (Å²) in [6.45, 7) is 4.60. The van der Waals surface area contributed by atoms with Crippen molar-refractivity contribution in [3.05, 3.63) is 36.1 Å². The Morgan fingerprint density at radius 2 is 0.654 bits per heavy atom. The first-order valence-corrected chi connectivity index (χ1v) is 24.0. The molecule has 1 aliphatic heterocycles. The van der Waals surface area contributed by atoms with Crippen molar-refractivity contribution in [3.8, 4) is 0 Å². The van der Waals surface area contributed by atoms with E-state index in [1.54, 1.807) is 0 Å². The summed E-state index contributed by atoms with van der Waals surface area (Å²) in [6, 6.07) is 0. The Morgan fingerprint density at radius 3 is 0.981 bits per heavy atom. The summed E-state index contributed by atoms with van der Waals surface area (Å²) in [7, 11) is 0. The van der Waals surface area contributed by atoms with Crippen molar-refractivity contribution in [1.29, 1.82) is 0 Å². The zero-order chi connectivity index (χ0) is 37.3. The first kappa shape index (κ1) is 48.7. The normalized spacial score (nSPS) is 15.4. The van der Waals surface area contributed by atoms with Gasteiger partial charge in [0.15, 0.2) is 0 Å². The molecule has 1 unspecified atom stereocenters. The van der Waals surface area contributed by atoms with Crippen molar-refractivity contribution >= 4 is 5.97 Å². The van der Waals surface area contributed by atoms with Gasteiger partial charge in [-0.3, -0.25) is 4.79 Å². The second-order valence-corrected chi connectivity index (χ2v) is 16.6. The molecule has 0 spiro atoms. The minimum atomic E-state index is -0.0258. The Morgan fingerprint density at radius 1 is 0.365 bits per heavy atom. The van der Waals surface area contributed by atoms with Crippen LogP contribution in [0, 0.1) is 5.92 Å². The van der Waals surface area contributed by atoms with Crippen LogP contribution in [0.4, 0.5) is 0 Å². The Balaban J connectivity index is 1.83. The van der Waals surface area contributed by atoms with Crippen LogP contribution in [0.5, 0.6) is 0 Å². The number of esters is 1. The predicted octanol–water partition coefficient (Wildman–Crippen LogP) is 17.8. The second-order valence-electron chi connectivity index (χ2n) is 16.6. The van der Waals surface area contributed by atoms with Gasteiger partial charge in [0.05, 0.1) is 0 Å². The van der Waals surface area contributed by atoms with E-state index in [-0.39, 0.29) is 11.9 Å². The van der Waals surface area contributed by atoms with E-state index < -0.39 is 0 Å². The van der Waals surface area contributed by atoms with Crippen LogP contribution in [0.3, 0.4) is 0 Å². The molecule has 0 aromatic heterocycles. The Kier molecular flexibility index (Phi) is 38.3. The van der Waals surface area contributed by atoms with Crippen LogP contribution in [0.15, 0.2) is 36.1 Å². The fourth-order valence-corrected chi connectivity index (χ4v) is 7.79. The molecule has 1 fully saturated rings. The van der Waals surface area contributed by atoms with E-state index in [4.69, 9.17) is 4.74 Å². The SMILES string of the molecule is CCCCCCCCCCCCCCCCCCC/C=C/CC/C=C1\OC(=O)C1CC/C=C/CCCCCCCCCCCCCCCCCCC. The summed E-state index contributed by atoms with van der Waals surface area (Å²) in [6.07, 6.45) is 66.3. The van der Waals surface area contributed by atoms with Gasteiger partial charge in [-0.2, -0.15) is 0 Å². The van der Waals surface area contributed by atoms with Gasteiger partial charge < -0.3 is 4.74 Å². The monoisotopic (exact) mass is 725 g/mol. The molecule has 304 valence electrons. The average Bonchev–Trinajstić information content (AvgIpc) is 3.15. The molecule has 0 bridgehead atoms. The number of hydrogen-bond acceptors (Lipinski definition) is 2. The minimum Gasteiger partial charge on any atom is -0.430 e. The fourth-order valence-electron chi connectivity index (χ4n) is 7.79. The largest absolute Gasteiger partial charge is 0.430 e. The number of ether oxygens (including phenoxy) is 1. The molecule has 0 radical (unpaired) electrons. The lowest BCUT2D eigenvalue weighted by atomic mass is 9.95. The number of carbonyl (C=O) groups excluding carboxylic acids is 1. The lowest BCUT2D eigenvalue weighted by Crippen LogP contribution is -2.32. The summed E-state index contributed by atoms with van der Waals surface area (Å²) < 4.78 is 5.37. The van der Waals surface area contributed by atoms with Gasteiger partial charge in [0, 0.05) is 0 Å². The van der Waals surface area contributed by atoms with E-state index in [0.29, 0.717) is 0 Å². The zero-order valence-corrected chi connectivity index (χ0v) is 35.6. The molecule has 1 atom stereocenters. The third-order valence-electron chi connectivity index (χ3n) is 11.4. The van der Waals surface area contributed by atoms with Crippen LogP contribution in [-0.4, -0.2) is 5.97 Å². The van der Waals surface area contributed by atoms with E-state index in [9.17, 15) is 4.79 Å². The maximum atomic E-state index is 12.0. The van der Waals surface area contributed by atoms with E-state index in [1.165, 1.54) is 231 Å². The van der Waals surface area contributed by atoms with E-state index in [0.717, 1.165) is 31.4 Å². The number of carbonyl (C=O) groups is 1. The number of cyclic esters (lactones) is 1. The van der Waals surface area contributed by atoms with Gasteiger partial charge in [0.1, 0.15) is 11.7 Å². The second kappa shape index (κ2) is 40.9. The highest BCUT2D eigenvalue weighted by atomic mass is 16.6. The van der Waals surface area contributed by atoms with Gasteiger partial charge in [-0.15, -0.1) is 0 Å². The van der Waals surface area contributed by atoms with Crippen molar-refractivity contribution in [2.24, 2.45) is 5.92 Å². The lowest BCUT2D eigenvalue weighted by Gasteiger charge is -2.27. The molecule has 1 aliphatic rings. The number of rotatable bonds is 42. The quantitative estimate of drug-likeness (QED) is 0.0356. The first-order chi connectivity index (χ1) is 25.8. The summed E-state index contributed by atoms with van der Waals surface area (Å²) in [5.74, 6) is 0.902. The molecular formula is C50H92O2. The predicted molar refractivity (Wildman–Crippen MR) is 232 cm³/mol. The van der Waals surface area contributed by atoms with Crippen molar-refractivity contribution < 1.29 is 9.53 Å². The van der Waals surface area contributed by atoms with E-state index >= 15 is 0 Å². The molecule has 1 rings (SSSR count). The molecule has 0 aliphatic carbocycles. The number of allylic oxidation sites excluding steroid dienone is 5. The van der Waals surface area contributed by atoms with Crippen molar-refractivity contribution in [2.45, 2.75) is 271 Å². The van der Waals surface area contributed by atoms with Crippen molar-refractivity contribution in [3.63, 3.8) is 0 Å². The van der Waals surface area contributed by atoms with Gasteiger partial charge in [0.25, 0.3) is 0 Å². The smallest absolute Gasteiger partial charge is 0.321 e. The minimum absolute atomic E-state index is 0.00357. The maximum absolute atomic E-state index is 12.0. The maximum Gasteiger partial charge on any atom is 0.321 e. The summed E-state index contributed by atoms with van der Waals surface area (Å²) in [5, 5.41) is 0. The Bertz CT molecular complexity index is 822. The molecule has 0 amide bonds. The Labute approximate surface area is 327 Å². The molecule has 0 N–H and O–H groups in total. The standard InChI is InChI=1S/C50H92O2/c1-3-5-7-9-11-13-15-17-19-21-23-25-27-29-31-33-35-37-39-41-43-45-47-49-48(50(51)52-49)46-44-42-40-38-36-34-32-30-28-26-24-22-20-18-16-14-12-10-8-6-4-2/h39-42,47-48H,3-38,43-46H2,1-2H3/b41-39+,42-40+,49-47-. The molecule has 2 heteroatoms. The summed E-state index contributed by atoms with van der Waals surface area (Å²) >= 11 is 0. The van der Waals surface area contributed by atoms with Crippen LogP contribution in [0.2, 0.25) is 0 Å². The summed E-state index contributed by atoms with van der Waals surface area (Å²) in [5.41, 5.74) is 0. The highest BCUT2D eigenvalue weighted by Crippen LogP contribution is 2.31. The number of unbranched alkanes of at least 4 members (excludes halogenated alkanes) is 35. The van der Waals surface area contributed by atoms with Gasteiger partial charge in [-0.05, 0) is 57.4 Å². The van der Waals surface area contributed by atoms with Gasteiger partial charge in [-0.1, -0.05) is 244 Å². The lowest BCUT2D eigenvalue weighted by molar-refractivity contribution is -0.157. The first-order valence-electron chi connectivity index (χ1n) is 24.0. The molecule has 2 nitrogen and oxygen atoms in total. The van der Waals surface area contributed by atoms with E-state index in [2.05, 4.69) is 44.2 Å². The number of hydrogen-bond donors (Lipinski definition) is 0. The van der Waals surface area contributed by atoms with E-state index in [1.807, 2.05) is 0 Å². The van der Waals surface area contributed by atoms with Crippen LogP contribution in [0.25, 0.3) is 0 Å². The van der Waals surface area contributed by atoms with Crippen LogP contribution in [-0.2, 0) is 9.53 Å². The van der Waals surface area contributed by atoms with Gasteiger partial charge in [-0.25, -0.2) is 0 Å². The molecule has 0 saturated carbocycles. The molecular weight excluding hydrogens is 633 g/mol. The van der Waals surface area contributed by atoms with Crippen molar-refractivity contribution in [1.82, 2.24) is 0 Å².